The lowest BCUT2D eigenvalue weighted by Gasteiger charge is -2.26. The molecule has 2 aromatic rings. The van der Waals surface area contributed by atoms with Gasteiger partial charge in [-0.25, -0.2) is 0 Å². The molecule has 1 nitrogen and oxygen atoms in total. The van der Waals surface area contributed by atoms with Crippen molar-refractivity contribution in [3.8, 4) is 0 Å². The van der Waals surface area contributed by atoms with Gasteiger partial charge in [0.2, 0.25) is 0 Å². The summed E-state index contributed by atoms with van der Waals surface area (Å²) in [6.07, 6.45) is 0. The Morgan fingerprint density at radius 3 is 1.62 bits per heavy atom. The zero-order valence-electron chi connectivity index (χ0n) is 13.8. The third kappa shape index (κ3) is 3.02. The number of halogens is 1. The van der Waals surface area contributed by atoms with Crippen LogP contribution < -0.4 is 5.32 Å². The summed E-state index contributed by atoms with van der Waals surface area (Å²) in [5.41, 5.74) is 9.83. The van der Waals surface area contributed by atoms with E-state index < -0.39 is 0 Å². The normalized spacial score (nSPS) is 12.5. The number of nitrogens with one attached hydrogen (secondary N) is 1. The quantitative estimate of drug-likeness (QED) is 0.712. The lowest BCUT2D eigenvalue weighted by atomic mass is 9.84. The Kier molecular flexibility index (Phi) is 5.10. The van der Waals surface area contributed by atoms with Crippen LogP contribution in [0, 0.1) is 38.2 Å². The van der Waals surface area contributed by atoms with Crippen molar-refractivity contribution in [2.45, 2.75) is 40.7 Å². The van der Waals surface area contributed by atoms with Gasteiger partial charge in [0.25, 0.3) is 0 Å². The monoisotopic (exact) mass is 393 g/mol. The molecule has 2 rings (SSSR count). The van der Waals surface area contributed by atoms with Crippen molar-refractivity contribution < 1.29 is 0 Å². The summed E-state index contributed by atoms with van der Waals surface area (Å²) in [5, 5.41) is 3.51. The SMILES string of the molecule is CNC(c1ccc(I)cc1)c1c(C)c(C)c(C)c(C)c1C. The van der Waals surface area contributed by atoms with Crippen LogP contribution in [0.2, 0.25) is 0 Å². The van der Waals surface area contributed by atoms with Crippen LogP contribution in [0.5, 0.6) is 0 Å². The molecule has 0 radical (unpaired) electrons. The standard InChI is InChI=1S/C19H24IN/c1-11-12(2)14(4)18(15(5)13(11)3)19(21-6)16-7-9-17(20)10-8-16/h7-10,19,21H,1-6H3. The van der Waals surface area contributed by atoms with E-state index >= 15 is 0 Å². The third-order valence-corrected chi connectivity index (χ3v) is 5.56. The first-order valence-electron chi connectivity index (χ1n) is 7.38. The second kappa shape index (κ2) is 6.49. The van der Waals surface area contributed by atoms with Gasteiger partial charge in [0, 0.05) is 3.57 Å². The van der Waals surface area contributed by atoms with Crippen molar-refractivity contribution in [1.82, 2.24) is 5.32 Å². The van der Waals surface area contributed by atoms with Crippen LogP contribution in [0.15, 0.2) is 24.3 Å². The second-order valence-corrected chi connectivity index (χ2v) is 7.06. The molecule has 2 aromatic carbocycles. The highest BCUT2D eigenvalue weighted by Gasteiger charge is 2.20. The lowest BCUT2D eigenvalue weighted by molar-refractivity contribution is 0.680. The molecule has 0 aliphatic carbocycles. The molecule has 0 aromatic heterocycles. The molecule has 0 bridgehead atoms. The molecule has 1 N–H and O–H groups in total. The van der Waals surface area contributed by atoms with E-state index in [1.807, 2.05) is 7.05 Å². The first kappa shape index (κ1) is 16.5. The van der Waals surface area contributed by atoms with Crippen LogP contribution in [-0.2, 0) is 0 Å². The van der Waals surface area contributed by atoms with E-state index in [9.17, 15) is 0 Å². The average Bonchev–Trinajstić information content (AvgIpc) is 2.49. The van der Waals surface area contributed by atoms with Gasteiger partial charge >= 0.3 is 0 Å². The predicted octanol–water partition coefficient (Wildman–Crippen LogP) is 5.14. The Morgan fingerprint density at radius 2 is 1.19 bits per heavy atom. The van der Waals surface area contributed by atoms with E-state index in [0.29, 0.717) is 0 Å². The van der Waals surface area contributed by atoms with E-state index in [1.165, 1.54) is 42.5 Å². The number of hydrogen-bond donors (Lipinski definition) is 1. The van der Waals surface area contributed by atoms with Gasteiger partial charge in [-0.05, 0) is 115 Å². The first-order valence-corrected chi connectivity index (χ1v) is 8.46. The summed E-state index contributed by atoms with van der Waals surface area (Å²) in [7, 11) is 2.05. The minimum Gasteiger partial charge on any atom is -0.309 e. The lowest BCUT2D eigenvalue weighted by Crippen LogP contribution is -2.21. The smallest absolute Gasteiger partial charge is 0.0579 e. The molecular weight excluding hydrogens is 369 g/mol. The molecule has 0 aliphatic heterocycles. The molecule has 0 spiro atoms. The molecule has 112 valence electrons. The summed E-state index contributed by atoms with van der Waals surface area (Å²) in [6, 6.07) is 9.07. The van der Waals surface area contributed by atoms with Gasteiger partial charge in [0.1, 0.15) is 0 Å². The van der Waals surface area contributed by atoms with Gasteiger partial charge in [-0.3, -0.25) is 0 Å². The second-order valence-electron chi connectivity index (χ2n) is 5.81. The van der Waals surface area contributed by atoms with Crippen molar-refractivity contribution in [2.24, 2.45) is 0 Å². The molecule has 0 fully saturated rings. The van der Waals surface area contributed by atoms with Gasteiger partial charge in [-0.2, -0.15) is 0 Å². The van der Waals surface area contributed by atoms with Crippen LogP contribution >= 0.6 is 22.6 Å². The van der Waals surface area contributed by atoms with Crippen molar-refractivity contribution in [1.29, 1.82) is 0 Å². The van der Waals surface area contributed by atoms with Gasteiger partial charge in [0.15, 0.2) is 0 Å². The molecular formula is C19H24IN. The molecule has 1 atom stereocenters. The van der Waals surface area contributed by atoms with Gasteiger partial charge in [-0.1, -0.05) is 12.1 Å². The third-order valence-electron chi connectivity index (χ3n) is 4.84. The Morgan fingerprint density at radius 1 is 0.762 bits per heavy atom. The zero-order chi connectivity index (χ0) is 15.7. The Labute approximate surface area is 142 Å². The first-order chi connectivity index (χ1) is 9.88. The molecule has 0 saturated carbocycles. The fraction of sp³-hybridized carbons (Fsp3) is 0.368. The minimum absolute atomic E-state index is 0.250. The number of benzene rings is 2. The van der Waals surface area contributed by atoms with Crippen LogP contribution in [0.25, 0.3) is 0 Å². The molecule has 1 unspecified atom stereocenters. The highest BCUT2D eigenvalue weighted by atomic mass is 127. The van der Waals surface area contributed by atoms with Gasteiger partial charge in [0.05, 0.1) is 6.04 Å². The zero-order valence-corrected chi connectivity index (χ0v) is 15.9. The molecule has 0 saturated heterocycles. The van der Waals surface area contributed by atoms with Crippen molar-refractivity contribution in [2.75, 3.05) is 7.05 Å². The molecule has 2 heteroatoms. The summed E-state index contributed by atoms with van der Waals surface area (Å²) in [4.78, 5) is 0. The summed E-state index contributed by atoms with van der Waals surface area (Å²) < 4.78 is 1.27. The van der Waals surface area contributed by atoms with Crippen LogP contribution in [-0.4, -0.2) is 7.05 Å². The van der Waals surface area contributed by atoms with E-state index in [0.717, 1.165) is 0 Å². The van der Waals surface area contributed by atoms with E-state index in [4.69, 9.17) is 0 Å². The predicted molar refractivity (Wildman–Crippen MR) is 100 cm³/mol. The average molecular weight is 393 g/mol. The van der Waals surface area contributed by atoms with Crippen molar-refractivity contribution in [3.05, 3.63) is 66.8 Å². The molecule has 21 heavy (non-hydrogen) atoms. The summed E-state index contributed by atoms with van der Waals surface area (Å²) in [6.45, 7) is 11.2. The highest BCUT2D eigenvalue weighted by molar-refractivity contribution is 14.1. The summed E-state index contributed by atoms with van der Waals surface area (Å²) in [5.74, 6) is 0. The van der Waals surface area contributed by atoms with E-state index in [1.54, 1.807) is 0 Å². The van der Waals surface area contributed by atoms with Crippen molar-refractivity contribution in [3.63, 3.8) is 0 Å². The maximum atomic E-state index is 3.51. The van der Waals surface area contributed by atoms with Crippen LogP contribution in [0.1, 0.15) is 45.0 Å². The number of hydrogen-bond acceptors (Lipinski definition) is 1. The Bertz CT molecular complexity index is 627. The fourth-order valence-electron chi connectivity index (χ4n) is 3.09. The fourth-order valence-corrected chi connectivity index (χ4v) is 3.45. The van der Waals surface area contributed by atoms with E-state index in [2.05, 4.69) is 86.8 Å². The topological polar surface area (TPSA) is 12.0 Å². The van der Waals surface area contributed by atoms with Gasteiger partial charge < -0.3 is 5.32 Å². The van der Waals surface area contributed by atoms with Crippen LogP contribution in [0.4, 0.5) is 0 Å². The van der Waals surface area contributed by atoms with E-state index in [-0.39, 0.29) is 6.04 Å². The molecule has 0 amide bonds. The van der Waals surface area contributed by atoms with Crippen LogP contribution in [0.3, 0.4) is 0 Å². The largest absolute Gasteiger partial charge is 0.309 e. The maximum Gasteiger partial charge on any atom is 0.0579 e. The Balaban J connectivity index is 2.65. The van der Waals surface area contributed by atoms with Gasteiger partial charge in [-0.15, -0.1) is 0 Å². The highest BCUT2D eigenvalue weighted by Crippen LogP contribution is 2.33. The maximum absolute atomic E-state index is 3.51. The minimum atomic E-state index is 0.250. The molecule has 0 aliphatic rings. The van der Waals surface area contributed by atoms with Crippen molar-refractivity contribution >= 4 is 22.6 Å². The Hall–Kier alpha value is -0.870. The molecule has 0 heterocycles. The summed E-state index contributed by atoms with van der Waals surface area (Å²) >= 11 is 2.35. The number of rotatable bonds is 3.